The highest BCUT2D eigenvalue weighted by Crippen LogP contribution is 2.31. The van der Waals surface area contributed by atoms with Gasteiger partial charge in [-0.25, -0.2) is 9.51 Å². The van der Waals surface area contributed by atoms with Gasteiger partial charge in [-0.15, -0.1) is 5.10 Å². The highest BCUT2D eigenvalue weighted by molar-refractivity contribution is 6.22. The first-order chi connectivity index (χ1) is 15.5. The second-order valence-electron chi connectivity index (χ2n) is 8.90. The van der Waals surface area contributed by atoms with Gasteiger partial charge in [0, 0.05) is 18.8 Å². The number of pyridine rings is 1. The topological polar surface area (TPSA) is 91.0 Å². The van der Waals surface area contributed by atoms with Crippen molar-refractivity contribution in [2.75, 3.05) is 51.7 Å². The van der Waals surface area contributed by atoms with Crippen molar-refractivity contribution in [2.45, 2.75) is 26.2 Å². The SMILES string of the molecule is CC1=C/C(=N\c2c(NCC[N+]3(C)CCCCC3)nn3ccccc23)C(NCCO)=CC1=O. The second kappa shape index (κ2) is 9.67. The Hall–Kier alpha value is -2.97. The van der Waals surface area contributed by atoms with E-state index in [0.717, 1.165) is 34.6 Å². The summed E-state index contributed by atoms with van der Waals surface area (Å²) in [6.45, 7) is 6.42. The molecule has 0 atom stereocenters. The van der Waals surface area contributed by atoms with Crippen LogP contribution in [0.15, 0.2) is 52.8 Å². The number of carbonyl (C=O) groups excluding carboxylic acids is 1. The molecule has 1 fully saturated rings. The smallest absolute Gasteiger partial charge is 0.183 e. The number of piperidine rings is 1. The van der Waals surface area contributed by atoms with Gasteiger partial charge < -0.3 is 20.2 Å². The van der Waals surface area contributed by atoms with Gasteiger partial charge in [0.2, 0.25) is 0 Å². The molecular formula is C24H33N6O2+. The van der Waals surface area contributed by atoms with Gasteiger partial charge in [-0.2, -0.15) is 0 Å². The second-order valence-corrected chi connectivity index (χ2v) is 8.90. The normalized spacial score (nSPS) is 19.7. The molecule has 8 nitrogen and oxygen atoms in total. The third-order valence-corrected chi connectivity index (χ3v) is 6.31. The Kier molecular flexibility index (Phi) is 6.72. The maximum absolute atomic E-state index is 12.2. The van der Waals surface area contributed by atoms with E-state index in [4.69, 9.17) is 10.1 Å². The fraction of sp³-hybridized carbons (Fsp3) is 0.458. The summed E-state index contributed by atoms with van der Waals surface area (Å²) < 4.78 is 2.92. The number of carbonyl (C=O) groups is 1. The fourth-order valence-corrected chi connectivity index (χ4v) is 4.38. The zero-order valence-corrected chi connectivity index (χ0v) is 19.0. The lowest BCUT2D eigenvalue weighted by Gasteiger charge is -2.37. The van der Waals surface area contributed by atoms with E-state index < -0.39 is 0 Å². The molecule has 3 heterocycles. The number of nitrogens with zero attached hydrogens (tertiary/aromatic N) is 4. The van der Waals surface area contributed by atoms with E-state index in [2.05, 4.69) is 17.7 Å². The van der Waals surface area contributed by atoms with E-state index in [1.165, 1.54) is 32.4 Å². The molecule has 0 aromatic carbocycles. The number of hydrogen-bond donors (Lipinski definition) is 3. The van der Waals surface area contributed by atoms with Crippen molar-refractivity contribution in [3.8, 4) is 0 Å². The van der Waals surface area contributed by atoms with Gasteiger partial charge >= 0.3 is 0 Å². The summed E-state index contributed by atoms with van der Waals surface area (Å²) in [6, 6.07) is 5.90. The molecule has 2 aromatic heterocycles. The van der Waals surface area contributed by atoms with Gasteiger partial charge in [-0.1, -0.05) is 6.07 Å². The number of anilines is 1. The molecule has 0 amide bonds. The van der Waals surface area contributed by atoms with Crippen molar-refractivity contribution in [1.29, 1.82) is 0 Å². The quantitative estimate of drug-likeness (QED) is 0.436. The van der Waals surface area contributed by atoms with Crippen molar-refractivity contribution in [3.05, 3.63) is 47.8 Å². The molecule has 2 aromatic rings. The van der Waals surface area contributed by atoms with Crippen LogP contribution in [0.5, 0.6) is 0 Å². The van der Waals surface area contributed by atoms with Crippen LogP contribution < -0.4 is 10.6 Å². The number of fused-ring (bicyclic) bond motifs is 1. The van der Waals surface area contributed by atoms with Gasteiger partial charge in [-0.3, -0.25) is 4.79 Å². The molecule has 4 rings (SSSR count). The van der Waals surface area contributed by atoms with E-state index in [9.17, 15) is 9.90 Å². The highest BCUT2D eigenvalue weighted by atomic mass is 16.3. The van der Waals surface area contributed by atoms with Crippen LogP contribution in [0.4, 0.5) is 11.5 Å². The van der Waals surface area contributed by atoms with Gasteiger partial charge in [-0.05, 0) is 50.0 Å². The first kappa shape index (κ1) is 22.2. The number of ketones is 1. The van der Waals surface area contributed by atoms with Crippen LogP contribution in [0.1, 0.15) is 26.2 Å². The maximum Gasteiger partial charge on any atom is 0.183 e. The first-order valence-electron chi connectivity index (χ1n) is 11.4. The number of aliphatic hydroxyl groups excluding tert-OH is 1. The summed E-state index contributed by atoms with van der Waals surface area (Å²) in [5.74, 6) is 0.679. The average Bonchev–Trinajstić information content (AvgIpc) is 3.13. The summed E-state index contributed by atoms with van der Waals surface area (Å²) in [7, 11) is 2.34. The van der Waals surface area contributed by atoms with Gasteiger partial charge in [0.1, 0.15) is 5.69 Å². The Morgan fingerprint density at radius 2 is 1.97 bits per heavy atom. The lowest BCUT2D eigenvalue weighted by Crippen LogP contribution is -2.50. The lowest BCUT2D eigenvalue weighted by molar-refractivity contribution is -0.912. The first-order valence-corrected chi connectivity index (χ1v) is 11.4. The van der Waals surface area contributed by atoms with Crippen molar-refractivity contribution in [2.24, 2.45) is 4.99 Å². The predicted octanol–water partition coefficient (Wildman–Crippen LogP) is 2.44. The Morgan fingerprint density at radius 3 is 2.75 bits per heavy atom. The number of rotatable bonds is 8. The number of quaternary nitrogens is 1. The van der Waals surface area contributed by atoms with Crippen LogP contribution in [0.25, 0.3) is 5.52 Å². The molecule has 0 radical (unpaired) electrons. The van der Waals surface area contributed by atoms with Gasteiger partial charge in [0.15, 0.2) is 11.6 Å². The number of allylic oxidation sites excluding steroid dienone is 3. The molecule has 8 heteroatoms. The molecular weight excluding hydrogens is 404 g/mol. The Bertz CT molecular complexity index is 1080. The Labute approximate surface area is 188 Å². The third-order valence-electron chi connectivity index (χ3n) is 6.31. The number of likely N-dealkylation sites (tertiary alicyclic amines) is 1. The van der Waals surface area contributed by atoms with Crippen LogP contribution in [0, 0.1) is 0 Å². The van der Waals surface area contributed by atoms with Crippen LogP contribution in [-0.2, 0) is 4.79 Å². The minimum atomic E-state index is -0.0545. The fourth-order valence-electron chi connectivity index (χ4n) is 4.38. The summed E-state index contributed by atoms with van der Waals surface area (Å²) in [5.41, 5.74) is 3.55. The highest BCUT2D eigenvalue weighted by Gasteiger charge is 2.25. The van der Waals surface area contributed by atoms with Gasteiger partial charge in [0.25, 0.3) is 0 Å². The molecule has 1 aliphatic heterocycles. The number of hydrogen-bond acceptors (Lipinski definition) is 6. The van der Waals surface area contributed by atoms with Crippen molar-refractivity contribution >= 4 is 28.5 Å². The number of nitrogens with one attached hydrogen (secondary N) is 2. The van der Waals surface area contributed by atoms with Crippen molar-refractivity contribution < 1.29 is 14.4 Å². The summed E-state index contributed by atoms with van der Waals surface area (Å²) in [4.78, 5) is 17.1. The van der Waals surface area contributed by atoms with Crippen LogP contribution in [0.3, 0.4) is 0 Å². The minimum Gasteiger partial charge on any atom is -0.395 e. The third kappa shape index (κ3) is 4.92. The number of aliphatic imine (C=N–C) groups is 1. The molecule has 1 aliphatic carbocycles. The maximum atomic E-state index is 12.2. The van der Waals surface area contributed by atoms with E-state index in [1.807, 2.05) is 28.9 Å². The monoisotopic (exact) mass is 437 g/mol. The molecule has 0 bridgehead atoms. The molecule has 0 saturated carbocycles. The molecule has 2 aliphatic rings. The van der Waals surface area contributed by atoms with E-state index >= 15 is 0 Å². The molecule has 0 spiro atoms. The number of aromatic nitrogens is 2. The molecule has 3 N–H and O–H groups in total. The average molecular weight is 438 g/mol. The van der Waals surface area contributed by atoms with E-state index in [1.54, 1.807) is 19.1 Å². The Morgan fingerprint density at radius 1 is 1.16 bits per heavy atom. The number of aliphatic hydroxyl groups is 1. The molecule has 0 unspecified atom stereocenters. The molecule has 1 saturated heterocycles. The zero-order valence-electron chi connectivity index (χ0n) is 19.0. The van der Waals surface area contributed by atoms with E-state index in [-0.39, 0.29) is 12.4 Å². The van der Waals surface area contributed by atoms with Crippen molar-refractivity contribution in [3.63, 3.8) is 0 Å². The van der Waals surface area contributed by atoms with Crippen LogP contribution in [-0.4, -0.2) is 77.1 Å². The van der Waals surface area contributed by atoms with Crippen LogP contribution >= 0.6 is 0 Å². The summed E-state index contributed by atoms with van der Waals surface area (Å²) >= 11 is 0. The molecule has 32 heavy (non-hydrogen) atoms. The summed E-state index contributed by atoms with van der Waals surface area (Å²) in [5, 5.41) is 20.6. The Balaban J connectivity index is 1.63. The lowest BCUT2D eigenvalue weighted by atomic mass is 10.0. The zero-order chi connectivity index (χ0) is 22.6. The predicted molar refractivity (Wildman–Crippen MR) is 127 cm³/mol. The van der Waals surface area contributed by atoms with Crippen molar-refractivity contribution in [1.82, 2.24) is 14.9 Å². The largest absolute Gasteiger partial charge is 0.395 e. The number of likely N-dealkylation sites (N-methyl/N-ethyl adjacent to an activating group) is 1. The van der Waals surface area contributed by atoms with E-state index in [0.29, 0.717) is 23.5 Å². The standard InChI is InChI=1S/C24H32N6O2/c1-18-16-20(19(17-22(18)32)25-10-15-31)27-23-21-8-4-5-11-29(21)28-24(23)26-9-14-30(2)12-6-3-7-13-30/h4-5,8,11,16-17,31H,3,6-7,9-10,12-15H2,1-2H3,(H-,25,26,28,32)/p+1/b27-20+. The van der Waals surface area contributed by atoms with Crippen LogP contribution in [0.2, 0.25) is 0 Å². The summed E-state index contributed by atoms with van der Waals surface area (Å²) in [6.07, 6.45) is 9.18. The molecule has 170 valence electrons. The van der Waals surface area contributed by atoms with Gasteiger partial charge in [0.05, 0.1) is 56.8 Å². The minimum absolute atomic E-state index is 0.0257.